The molecule has 1 aliphatic rings. The zero-order valence-electron chi connectivity index (χ0n) is 20.1. The third-order valence-electron chi connectivity index (χ3n) is 6.73. The van der Waals surface area contributed by atoms with Gasteiger partial charge in [-0.2, -0.15) is 0 Å². The number of nitrogens with one attached hydrogen (secondary N) is 1. The molecule has 2 aromatic carbocycles. The highest BCUT2D eigenvalue weighted by molar-refractivity contribution is 5.93. The second-order valence-electron chi connectivity index (χ2n) is 9.23. The molecule has 2 aromatic heterocycles. The lowest BCUT2D eigenvalue weighted by Crippen LogP contribution is -2.44. The molecule has 4 aromatic rings. The first kappa shape index (κ1) is 22.8. The Labute approximate surface area is 204 Å². The molecule has 7 heteroatoms. The van der Waals surface area contributed by atoms with Crippen LogP contribution in [0.15, 0.2) is 71.7 Å². The Morgan fingerprint density at radius 3 is 2.69 bits per heavy atom. The van der Waals surface area contributed by atoms with Gasteiger partial charge in [-0.1, -0.05) is 36.4 Å². The first-order valence-corrected chi connectivity index (χ1v) is 12.0. The van der Waals surface area contributed by atoms with E-state index in [0.717, 1.165) is 29.7 Å². The lowest BCUT2D eigenvalue weighted by molar-refractivity contribution is -0.120. The molecule has 7 nitrogen and oxygen atoms in total. The van der Waals surface area contributed by atoms with Crippen LogP contribution < -0.4 is 15.8 Å². The number of rotatable bonds is 5. The average molecular weight is 468 g/mol. The van der Waals surface area contributed by atoms with Crippen molar-refractivity contribution in [2.45, 2.75) is 33.2 Å². The molecule has 0 unspecified atom stereocenters. The SMILES string of the molecule is Cc1ccc(NC(=O)[C@H]2CCCN(c3nc4cccnc4n(Cc4ccccc4)c3=O)C2)cc1C. The molecule has 0 saturated carbocycles. The van der Waals surface area contributed by atoms with E-state index in [4.69, 9.17) is 4.98 Å². The summed E-state index contributed by atoms with van der Waals surface area (Å²) in [6.45, 7) is 5.64. The molecule has 3 heterocycles. The summed E-state index contributed by atoms with van der Waals surface area (Å²) in [6.07, 6.45) is 3.27. The number of hydrogen-bond donors (Lipinski definition) is 1. The Kier molecular flexibility index (Phi) is 6.31. The van der Waals surface area contributed by atoms with Crippen molar-refractivity contribution < 1.29 is 4.79 Å². The maximum absolute atomic E-state index is 13.6. The summed E-state index contributed by atoms with van der Waals surface area (Å²) < 4.78 is 1.69. The summed E-state index contributed by atoms with van der Waals surface area (Å²) in [6, 6.07) is 19.5. The summed E-state index contributed by atoms with van der Waals surface area (Å²) in [5.41, 5.74) is 5.19. The number of nitrogens with zero attached hydrogens (tertiary/aromatic N) is 4. The third-order valence-corrected chi connectivity index (χ3v) is 6.73. The maximum atomic E-state index is 13.6. The zero-order valence-corrected chi connectivity index (χ0v) is 20.1. The number of carbonyl (C=O) groups is 1. The van der Waals surface area contributed by atoms with Gasteiger partial charge in [0.25, 0.3) is 5.56 Å². The fourth-order valence-electron chi connectivity index (χ4n) is 4.63. The number of benzene rings is 2. The predicted octanol–water partition coefficient (Wildman–Crippen LogP) is 4.31. The van der Waals surface area contributed by atoms with E-state index in [1.54, 1.807) is 10.8 Å². The molecule has 1 saturated heterocycles. The van der Waals surface area contributed by atoms with Crippen LogP contribution in [0.5, 0.6) is 0 Å². The highest BCUT2D eigenvalue weighted by Gasteiger charge is 2.29. The van der Waals surface area contributed by atoms with Crippen molar-refractivity contribution in [1.29, 1.82) is 0 Å². The van der Waals surface area contributed by atoms with Crippen molar-refractivity contribution in [3.63, 3.8) is 0 Å². The normalized spacial score (nSPS) is 15.8. The third kappa shape index (κ3) is 4.80. The summed E-state index contributed by atoms with van der Waals surface area (Å²) in [7, 11) is 0. The van der Waals surface area contributed by atoms with Crippen molar-refractivity contribution in [3.05, 3.63) is 93.9 Å². The Balaban J connectivity index is 1.43. The molecule has 0 radical (unpaired) electrons. The van der Waals surface area contributed by atoms with Crippen molar-refractivity contribution in [3.8, 4) is 0 Å². The molecule has 0 bridgehead atoms. The van der Waals surface area contributed by atoms with Crippen molar-refractivity contribution in [2.24, 2.45) is 5.92 Å². The van der Waals surface area contributed by atoms with E-state index >= 15 is 0 Å². The lowest BCUT2D eigenvalue weighted by atomic mass is 9.97. The topological polar surface area (TPSA) is 80.1 Å². The number of aryl methyl sites for hydroxylation is 2. The monoisotopic (exact) mass is 467 g/mol. The van der Waals surface area contributed by atoms with Gasteiger partial charge in [0.15, 0.2) is 11.5 Å². The molecule has 1 amide bonds. The quantitative estimate of drug-likeness (QED) is 0.473. The number of anilines is 2. The van der Waals surface area contributed by atoms with Crippen LogP contribution in [0, 0.1) is 19.8 Å². The van der Waals surface area contributed by atoms with Gasteiger partial charge in [-0.05, 0) is 67.6 Å². The number of amides is 1. The standard InChI is InChI=1S/C28H29N5O2/c1-19-12-13-23(16-20(19)2)30-27(34)22-10-7-15-32(18-22)26-28(35)33(17-21-8-4-3-5-9-21)25-24(31-26)11-6-14-29-25/h3-6,8-9,11-14,16,22H,7,10,15,17-18H2,1-2H3,(H,30,34)/t22-/m0/s1. The molecule has 1 aliphatic heterocycles. The van der Waals surface area contributed by atoms with Crippen molar-refractivity contribution in [1.82, 2.24) is 14.5 Å². The minimum absolute atomic E-state index is 0.0231. The largest absolute Gasteiger partial charge is 0.351 e. The zero-order chi connectivity index (χ0) is 24.4. The minimum Gasteiger partial charge on any atom is -0.351 e. The van der Waals surface area contributed by atoms with E-state index in [0.29, 0.717) is 36.6 Å². The van der Waals surface area contributed by atoms with Crippen LogP contribution in [0.25, 0.3) is 11.2 Å². The Bertz CT molecular complexity index is 1430. The minimum atomic E-state index is -0.223. The second kappa shape index (κ2) is 9.70. The highest BCUT2D eigenvalue weighted by Crippen LogP contribution is 2.23. The van der Waals surface area contributed by atoms with Crippen LogP contribution in [0.3, 0.4) is 0 Å². The Morgan fingerprint density at radius 1 is 1.06 bits per heavy atom. The number of fused-ring (bicyclic) bond motifs is 1. The molecule has 1 atom stereocenters. The fourth-order valence-corrected chi connectivity index (χ4v) is 4.63. The predicted molar refractivity (Wildman–Crippen MR) is 139 cm³/mol. The number of carbonyl (C=O) groups excluding carboxylic acids is 1. The van der Waals surface area contributed by atoms with Gasteiger partial charge >= 0.3 is 0 Å². The molecule has 5 rings (SSSR count). The maximum Gasteiger partial charge on any atom is 0.295 e. The smallest absolute Gasteiger partial charge is 0.295 e. The number of piperidine rings is 1. The molecular weight excluding hydrogens is 438 g/mol. The summed E-state index contributed by atoms with van der Waals surface area (Å²) in [4.78, 5) is 37.8. The van der Waals surface area contributed by atoms with E-state index in [2.05, 4.69) is 17.2 Å². The molecule has 0 aliphatic carbocycles. The van der Waals surface area contributed by atoms with Crippen LogP contribution in [-0.2, 0) is 11.3 Å². The van der Waals surface area contributed by atoms with Crippen LogP contribution >= 0.6 is 0 Å². The van der Waals surface area contributed by atoms with Gasteiger partial charge < -0.3 is 10.2 Å². The van der Waals surface area contributed by atoms with Gasteiger partial charge in [-0.3, -0.25) is 14.2 Å². The van der Waals surface area contributed by atoms with Gasteiger partial charge in [0.1, 0.15) is 5.52 Å². The molecule has 1 N–H and O–H groups in total. The lowest BCUT2D eigenvalue weighted by Gasteiger charge is -2.32. The molecular formula is C28H29N5O2. The molecule has 178 valence electrons. The van der Waals surface area contributed by atoms with Crippen LogP contribution in [0.4, 0.5) is 11.5 Å². The van der Waals surface area contributed by atoms with Crippen molar-refractivity contribution >= 4 is 28.6 Å². The summed E-state index contributed by atoms with van der Waals surface area (Å²) in [5, 5.41) is 3.06. The van der Waals surface area contributed by atoms with Crippen LogP contribution in [-0.4, -0.2) is 33.5 Å². The van der Waals surface area contributed by atoms with Gasteiger partial charge in [0, 0.05) is 25.0 Å². The second-order valence-corrected chi connectivity index (χ2v) is 9.23. The summed E-state index contributed by atoms with van der Waals surface area (Å²) in [5.74, 6) is 0.133. The van der Waals surface area contributed by atoms with Crippen molar-refractivity contribution in [2.75, 3.05) is 23.3 Å². The van der Waals surface area contributed by atoms with Gasteiger partial charge in [-0.25, -0.2) is 9.97 Å². The van der Waals surface area contributed by atoms with Crippen LogP contribution in [0.1, 0.15) is 29.5 Å². The van der Waals surface area contributed by atoms with E-state index in [1.807, 2.05) is 72.5 Å². The molecule has 35 heavy (non-hydrogen) atoms. The molecule has 0 spiro atoms. The van der Waals surface area contributed by atoms with E-state index in [1.165, 1.54) is 5.56 Å². The van der Waals surface area contributed by atoms with E-state index in [9.17, 15) is 9.59 Å². The Morgan fingerprint density at radius 2 is 1.89 bits per heavy atom. The first-order chi connectivity index (χ1) is 17.0. The first-order valence-electron chi connectivity index (χ1n) is 12.0. The van der Waals surface area contributed by atoms with E-state index < -0.39 is 0 Å². The van der Waals surface area contributed by atoms with Gasteiger partial charge in [0.2, 0.25) is 5.91 Å². The van der Waals surface area contributed by atoms with Gasteiger partial charge in [-0.15, -0.1) is 0 Å². The van der Waals surface area contributed by atoms with E-state index in [-0.39, 0.29) is 17.4 Å². The fraction of sp³-hybridized carbons (Fsp3) is 0.286. The Hall–Kier alpha value is -4.00. The van der Waals surface area contributed by atoms with Gasteiger partial charge in [0.05, 0.1) is 12.5 Å². The highest BCUT2D eigenvalue weighted by atomic mass is 16.2. The summed E-state index contributed by atoms with van der Waals surface area (Å²) >= 11 is 0. The number of aromatic nitrogens is 3. The average Bonchev–Trinajstić information content (AvgIpc) is 2.88. The van der Waals surface area contributed by atoms with Crippen LogP contribution in [0.2, 0.25) is 0 Å². The number of hydrogen-bond acceptors (Lipinski definition) is 5. The number of pyridine rings is 1. The molecule has 1 fully saturated rings.